The van der Waals surface area contributed by atoms with Crippen LogP contribution in [0.15, 0.2) is 73.1 Å². The molecule has 1 aliphatic carbocycles. The second-order valence-electron chi connectivity index (χ2n) is 6.59. The van der Waals surface area contributed by atoms with Crippen molar-refractivity contribution >= 4 is 23.1 Å². The molecule has 0 fully saturated rings. The number of hydrogen-bond donors (Lipinski definition) is 1. The highest BCUT2D eigenvalue weighted by Crippen LogP contribution is 2.28. The van der Waals surface area contributed by atoms with Crippen LogP contribution in [0.4, 0.5) is 5.69 Å². The summed E-state index contributed by atoms with van der Waals surface area (Å²) in [7, 11) is 0. The first-order valence-corrected chi connectivity index (χ1v) is 9.20. The van der Waals surface area contributed by atoms with Crippen molar-refractivity contribution in [2.75, 3.05) is 5.32 Å². The van der Waals surface area contributed by atoms with Crippen LogP contribution in [0.2, 0.25) is 5.02 Å². The van der Waals surface area contributed by atoms with Crippen molar-refractivity contribution in [3.05, 3.63) is 94.8 Å². The lowest BCUT2D eigenvalue weighted by Crippen LogP contribution is -2.45. The Labute approximate surface area is 158 Å². The normalized spacial score (nSPS) is 16.2. The van der Waals surface area contributed by atoms with E-state index in [9.17, 15) is 4.79 Å². The molecule has 1 N–H and O–H groups in total. The molecule has 2 aromatic carbocycles. The predicted molar refractivity (Wildman–Crippen MR) is 104 cm³/mol. The number of pyridine rings is 1. The third kappa shape index (κ3) is 3.49. The van der Waals surface area contributed by atoms with Gasteiger partial charge >= 0.3 is 0 Å². The van der Waals surface area contributed by atoms with Gasteiger partial charge in [0.25, 0.3) is 0 Å². The summed E-state index contributed by atoms with van der Waals surface area (Å²) in [5.41, 5.74) is 4.13. The zero-order valence-electron chi connectivity index (χ0n) is 14.4. The van der Waals surface area contributed by atoms with E-state index in [-0.39, 0.29) is 11.8 Å². The second kappa shape index (κ2) is 7.30. The molecule has 0 bridgehead atoms. The van der Waals surface area contributed by atoms with Crippen molar-refractivity contribution in [3.8, 4) is 0 Å². The first-order valence-electron chi connectivity index (χ1n) is 8.82. The highest BCUT2D eigenvalue weighted by Gasteiger charge is 2.34. The molecule has 1 heterocycles. The third-order valence-electron chi connectivity index (χ3n) is 4.88. The largest absolute Gasteiger partial charge is 0.381 e. The van der Waals surface area contributed by atoms with Gasteiger partial charge in [-0.2, -0.15) is 4.57 Å². The molecule has 3 aromatic rings. The van der Waals surface area contributed by atoms with Gasteiger partial charge in [0.2, 0.25) is 11.8 Å². The van der Waals surface area contributed by atoms with Crippen LogP contribution in [0.5, 0.6) is 0 Å². The molecule has 130 valence electrons. The number of ketones is 1. The van der Waals surface area contributed by atoms with Crippen molar-refractivity contribution in [1.82, 2.24) is 0 Å². The number of Topliss-reactive ketones (excluding diaryl/α,β-unsaturated/α-hetero) is 1. The molecule has 4 heteroatoms. The molecule has 0 saturated heterocycles. The summed E-state index contributed by atoms with van der Waals surface area (Å²) in [6, 6.07) is 19.8. The lowest BCUT2D eigenvalue weighted by atomic mass is 9.87. The van der Waals surface area contributed by atoms with E-state index in [0.29, 0.717) is 5.02 Å². The average molecular weight is 364 g/mol. The molecule has 1 aliphatic rings. The predicted octanol–water partition coefficient (Wildman–Crippen LogP) is 4.61. The average Bonchev–Trinajstić information content (AvgIpc) is 2.68. The number of rotatable bonds is 4. The van der Waals surface area contributed by atoms with E-state index in [4.69, 9.17) is 11.6 Å². The quantitative estimate of drug-likeness (QED) is 0.686. The number of nitrogens with zero attached hydrogens (tertiary/aromatic N) is 1. The van der Waals surface area contributed by atoms with Gasteiger partial charge in [0.15, 0.2) is 12.4 Å². The fraction of sp³-hybridized carbons (Fsp3) is 0.182. The van der Waals surface area contributed by atoms with Crippen LogP contribution in [-0.2, 0) is 13.0 Å². The summed E-state index contributed by atoms with van der Waals surface area (Å²) >= 11 is 6.07. The summed E-state index contributed by atoms with van der Waals surface area (Å²) in [5.74, 6) is 0.142. The summed E-state index contributed by atoms with van der Waals surface area (Å²) in [4.78, 5) is 12.9. The molecule has 1 aromatic heterocycles. The number of nitrogens with one attached hydrogen (secondary N) is 1. The summed E-state index contributed by atoms with van der Waals surface area (Å²) in [6.45, 7) is 0.777. The van der Waals surface area contributed by atoms with Crippen LogP contribution in [-0.4, -0.2) is 5.78 Å². The van der Waals surface area contributed by atoms with Crippen LogP contribution in [0.25, 0.3) is 0 Å². The molecule has 4 rings (SSSR count). The van der Waals surface area contributed by atoms with Crippen LogP contribution >= 0.6 is 11.6 Å². The van der Waals surface area contributed by atoms with Crippen LogP contribution in [0, 0.1) is 0 Å². The maximum atomic E-state index is 12.9. The SMILES string of the molecule is O=C1c2cc(Cl)ccc2CCC1[n+]1ccc(NCc2ccccc2)cc1. The number of hydrogen-bond acceptors (Lipinski definition) is 2. The van der Waals surface area contributed by atoms with E-state index in [1.807, 2.05) is 59.4 Å². The van der Waals surface area contributed by atoms with E-state index in [1.54, 1.807) is 6.07 Å². The van der Waals surface area contributed by atoms with Crippen molar-refractivity contribution in [2.24, 2.45) is 0 Å². The summed E-state index contributed by atoms with van der Waals surface area (Å²) < 4.78 is 2.00. The van der Waals surface area contributed by atoms with E-state index in [2.05, 4.69) is 17.4 Å². The van der Waals surface area contributed by atoms with Crippen molar-refractivity contribution in [1.29, 1.82) is 0 Å². The smallest absolute Gasteiger partial charge is 0.230 e. The van der Waals surface area contributed by atoms with Gasteiger partial charge in [-0.3, -0.25) is 4.79 Å². The van der Waals surface area contributed by atoms with Gasteiger partial charge in [0, 0.05) is 41.4 Å². The standard InChI is InChI=1S/C22H19ClN2O/c23-18-8-6-17-7-9-21(22(26)20(17)14-18)25-12-10-19(11-13-25)24-15-16-4-2-1-3-5-16/h1-6,8,10-14,21H,7,9,15H2/p+1. The minimum absolute atomic E-state index is 0.142. The molecule has 0 aliphatic heterocycles. The third-order valence-corrected chi connectivity index (χ3v) is 5.11. The minimum Gasteiger partial charge on any atom is -0.381 e. The Kier molecular flexibility index (Phi) is 4.72. The first-order chi connectivity index (χ1) is 12.7. The Morgan fingerprint density at radius 3 is 2.58 bits per heavy atom. The molecular formula is C22H20ClN2O+. The first kappa shape index (κ1) is 16.8. The highest BCUT2D eigenvalue weighted by atomic mass is 35.5. The fourth-order valence-corrected chi connectivity index (χ4v) is 3.62. The number of halogens is 1. The van der Waals surface area contributed by atoms with Gasteiger partial charge in [-0.25, -0.2) is 0 Å². The molecule has 1 atom stereocenters. The highest BCUT2D eigenvalue weighted by molar-refractivity contribution is 6.31. The van der Waals surface area contributed by atoms with E-state index >= 15 is 0 Å². The number of benzene rings is 2. The Balaban J connectivity index is 1.48. The van der Waals surface area contributed by atoms with Crippen molar-refractivity contribution in [2.45, 2.75) is 25.4 Å². The number of anilines is 1. The van der Waals surface area contributed by atoms with Gasteiger partial charge in [-0.05, 0) is 29.7 Å². The zero-order chi connectivity index (χ0) is 17.9. The van der Waals surface area contributed by atoms with E-state index < -0.39 is 0 Å². The van der Waals surface area contributed by atoms with Gasteiger partial charge in [-0.15, -0.1) is 0 Å². The Bertz CT molecular complexity index is 923. The topological polar surface area (TPSA) is 33.0 Å². The zero-order valence-corrected chi connectivity index (χ0v) is 15.1. The Morgan fingerprint density at radius 2 is 1.81 bits per heavy atom. The maximum absolute atomic E-state index is 12.9. The summed E-state index contributed by atoms with van der Waals surface area (Å²) in [5, 5.41) is 4.02. The molecule has 26 heavy (non-hydrogen) atoms. The molecule has 0 amide bonds. The molecular weight excluding hydrogens is 344 g/mol. The maximum Gasteiger partial charge on any atom is 0.230 e. The Hall–Kier alpha value is -2.65. The summed E-state index contributed by atoms with van der Waals surface area (Å²) in [6.07, 6.45) is 5.66. The molecule has 0 spiro atoms. The number of aromatic nitrogens is 1. The van der Waals surface area contributed by atoms with E-state index in [0.717, 1.165) is 36.2 Å². The lowest BCUT2D eigenvalue weighted by Gasteiger charge is -2.20. The monoisotopic (exact) mass is 363 g/mol. The number of carbonyl (C=O) groups is 1. The fourth-order valence-electron chi connectivity index (χ4n) is 3.45. The van der Waals surface area contributed by atoms with Gasteiger partial charge < -0.3 is 5.32 Å². The minimum atomic E-state index is -0.163. The second-order valence-corrected chi connectivity index (χ2v) is 7.03. The van der Waals surface area contributed by atoms with Crippen molar-refractivity contribution in [3.63, 3.8) is 0 Å². The van der Waals surface area contributed by atoms with Crippen LogP contribution in [0.1, 0.15) is 33.9 Å². The number of carbonyl (C=O) groups excluding carboxylic acids is 1. The lowest BCUT2D eigenvalue weighted by molar-refractivity contribution is -0.708. The van der Waals surface area contributed by atoms with Crippen LogP contribution < -0.4 is 9.88 Å². The molecule has 1 unspecified atom stereocenters. The Morgan fingerprint density at radius 1 is 1.04 bits per heavy atom. The van der Waals surface area contributed by atoms with Gasteiger partial charge in [0.05, 0.1) is 0 Å². The molecule has 0 radical (unpaired) electrons. The van der Waals surface area contributed by atoms with E-state index in [1.165, 1.54) is 5.56 Å². The van der Waals surface area contributed by atoms with Crippen LogP contribution in [0.3, 0.4) is 0 Å². The number of fused-ring (bicyclic) bond motifs is 1. The molecule has 3 nitrogen and oxygen atoms in total. The number of aryl methyl sites for hydroxylation is 1. The van der Waals surface area contributed by atoms with Gasteiger partial charge in [-0.1, -0.05) is 48.0 Å². The van der Waals surface area contributed by atoms with Gasteiger partial charge in [0.1, 0.15) is 0 Å². The van der Waals surface area contributed by atoms with Crippen molar-refractivity contribution < 1.29 is 9.36 Å². The molecule has 0 saturated carbocycles.